The van der Waals surface area contributed by atoms with Gasteiger partial charge in [-0.3, -0.25) is 4.79 Å². The van der Waals surface area contributed by atoms with E-state index in [0.717, 1.165) is 16.0 Å². The average molecular weight is 510 g/mol. The lowest BCUT2D eigenvalue weighted by Gasteiger charge is -2.37. The molecule has 2 heterocycles. The van der Waals surface area contributed by atoms with Gasteiger partial charge >= 0.3 is 5.97 Å². The highest BCUT2D eigenvalue weighted by Gasteiger charge is 2.43. The summed E-state index contributed by atoms with van der Waals surface area (Å²) in [7, 11) is 0. The number of amides is 1. The monoisotopic (exact) mass is 509 g/mol. The van der Waals surface area contributed by atoms with Crippen molar-refractivity contribution in [2.45, 2.75) is 62.4 Å². The molecule has 6 nitrogen and oxygen atoms in total. The molecular formula is C29H35NO5S. The van der Waals surface area contributed by atoms with Crippen LogP contribution >= 0.6 is 11.8 Å². The van der Waals surface area contributed by atoms with Gasteiger partial charge in [-0.15, -0.1) is 0 Å². The van der Waals surface area contributed by atoms with Crippen molar-refractivity contribution in [3.8, 4) is 0 Å². The maximum absolute atomic E-state index is 13.3. The number of morpholine rings is 1. The number of carbonyl (C=O) groups excluding carboxylic acids is 2. The summed E-state index contributed by atoms with van der Waals surface area (Å²) in [5.74, 6) is -0.0174. The summed E-state index contributed by atoms with van der Waals surface area (Å²) in [6.07, 6.45) is 2.59. The number of carbonyl (C=O) groups is 2. The predicted octanol–water partition coefficient (Wildman–Crippen LogP) is 5.93. The number of unbranched alkanes of at least 4 members (excludes halogenated alkanes) is 1. The van der Waals surface area contributed by atoms with Gasteiger partial charge in [0.05, 0.1) is 19.6 Å². The summed E-state index contributed by atoms with van der Waals surface area (Å²) in [6.45, 7) is 6.68. The summed E-state index contributed by atoms with van der Waals surface area (Å²) >= 11 is 1.27. The predicted molar refractivity (Wildman–Crippen MR) is 141 cm³/mol. The number of benzene rings is 2. The number of ether oxygens (including phenoxy) is 2. The van der Waals surface area contributed by atoms with Gasteiger partial charge < -0.3 is 19.5 Å². The zero-order valence-electron chi connectivity index (χ0n) is 21.1. The van der Waals surface area contributed by atoms with Gasteiger partial charge in [-0.25, -0.2) is 4.79 Å². The van der Waals surface area contributed by atoms with E-state index >= 15 is 0 Å². The summed E-state index contributed by atoms with van der Waals surface area (Å²) < 4.78 is 11.5. The molecular weight excluding hydrogens is 474 g/mol. The van der Waals surface area contributed by atoms with E-state index in [1.807, 2.05) is 59.5 Å². The second-order valence-electron chi connectivity index (χ2n) is 9.70. The Morgan fingerprint density at radius 3 is 2.44 bits per heavy atom. The molecule has 2 aromatic rings. The van der Waals surface area contributed by atoms with Crippen LogP contribution in [0.4, 0.5) is 0 Å². The maximum Gasteiger partial charge on any atom is 0.349 e. The molecule has 0 bridgehead atoms. The Morgan fingerprint density at radius 2 is 1.75 bits per heavy atom. The van der Waals surface area contributed by atoms with Crippen LogP contribution in [0.15, 0.2) is 70.2 Å². The number of hydrogen-bond donors (Lipinski definition) is 1. The molecule has 36 heavy (non-hydrogen) atoms. The standard InChI is InChI=1S/C29H35NO5S/c1-21(2)23-12-6-7-13-25(23)36-27-24(31)20-29(35-28(27)33,22-10-4-3-5-11-22)15-9-8-14-26(32)30-16-18-34-19-17-30/h3-7,10-13,21,31H,8-9,14-20H2,1-2H3. The smallest absolute Gasteiger partial charge is 0.349 e. The van der Waals surface area contributed by atoms with Gasteiger partial charge in [0.2, 0.25) is 5.91 Å². The zero-order valence-corrected chi connectivity index (χ0v) is 21.9. The number of hydrogen-bond acceptors (Lipinski definition) is 6. The first-order valence-corrected chi connectivity index (χ1v) is 13.5. The molecule has 0 aromatic heterocycles. The first kappa shape index (κ1) is 26.3. The number of esters is 1. The van der Waals surface area contributed by atoms with Gasteiger partial charge in [-0.1, -0.05) is 74.1 Å². The average Bonchev–Trinajstić information content (AvgIpc) is 2.90. The van der Waals surface area contributed by atoms with Crippen molar-refractivity contribution in [2.75, 3.05) is 26.3 Å². The third-order valence-electron chi connectivity index (χ3n) is 6.83. The number of rotatable bonds is 9. The van der Waals surface area contributed by atoms with E-state index in [4.69, 9.17) is 9.47 Å². The van der Waals surface area contributed by atoms with Crippen LogP contribution in [0.3, 0.4) is 0 Å². The molecule has 1 unspecified atom stereocenters. The van der Waals surface area contributed by atoms with E-state index in [2.05, 4.69) is 13.8 Å². The molecule has 0 saturated carbocycles. The van der Waals surface area contributed by atoms with Crippen LogP contribution in [0.1, 0.15) is 63.0 Å². The minimum absolute atomic E-state index is 0.0584. The van der Waals surface area contributed by atoms with Gasteiger partial charge in [0.25, 0.3) is 0 Å². The molecule has 2 aliphatic rings. The third-order valence-corrected chi connectivity index (χ3v) is 8.02. The number of aliphatic hydroxyl groups excluding tert-OH is 1. The Kier molecular flexibility index (Phi) is 8.75. The van der Waals surface area contributed by atoms with Crippen LogP contribution < -0.4 is 0 Å². The Hall–Kier alpha value is -2.77. The van der Waals surface area contributed by atoms with Gasteiger partial charge in [0, 0.05) is 24.4 Å². The van der Waals surface area contributed by atoms with E-state index in [-0.39, 0.29) is 23.0 Å². The zero-order chi connectivity index (χ0) is 25.5. The minimum atomic E-state index is -0.952. The fourth-order valence-electron chi connectivity index (χ4n) is 4.83. The van der Waals surface area contributed by atoms with Crippen molar-refractivity contribution >= 4 is 23.6 Å². The first-order valence-electron chi connectivity index (χ1n) is 12.7. The van der Waals surface area contributed by atoms with E-state index in [1.165, 1.54) is 11.8 Å². The fraction of sp³-hybridized carbons (Fsp3) is 0.448. The lowest BCUT2D eigenvalue weighted by molar-refractivity contribution is -0.160. The molecule has 1 atom stereocenters. The van der Waals surface area contributed by atoms with Gasteiger partial charge in [-0.05, 0) is 42.4 Å². The molecule has 2 aromatic carbocycles. The molecule has 0 aliphatic carbocycles. The molecule has 0 radical (unpaired) electrons. The van der Waals surface area contributed by atoms with Crippen LogP contribution in [0.2, 0.25) is 0 Å². The van der Waals surface area contributed by atoms with Crippen molar-refractivity contribution in [1.29, 1.82) is 0 Å². The minimum Gasteiger partial charge on any atom is -0.511 e. The van der Waals surface area contributed by atoms with E-state index in [9.17, 15) is 14.7 Å². The van der Waals surface area contributed by atoms with Crippen LogP contribution in [0.5, 0.6) is 0 Å². The third kappa shape index (κ3) is 6.13. The molecule has 0 spiro atoms. The van der Waals surface area contributed by atoms with Gasteiger partial charge in [0.15, 0.2) is 0 Å². The van der Waals surface area contributed by atoms with Crippen LogP contribution in [-0.2, 0) is 24.7 Å². The SMILES string of the molecule is CC(C)c1ccccc1SC1=C(O)CC(CCCCC(=O)N2CCOCC2)(c2ccccc2)OC1=O. The summed E-state index contributed by atoms with van der Waals surface area (Å²) in [5, 5.41) is 11.1. The second-order valence-corrected chi connectivity index (χ2v) is 10.7. The van der Waals surface area contributed by atoms with Crippen LogP contribution in [-0.4, -0.2) is 48.2 Å². The van der Waals surface area contributed by atoms with Crippen molar-refractivity contribution < 1.29 is 24.2 Å². The molecule has 1 fully saturated rings. The van der Waals surface area contributed by atoms with Crippen LogP contribution in [0, 0.1) is 0 Å². The highest BCUT2D eigenvalue weighted by Crippen LogP contribution is 2.46. The Balaban J connectivity index is 1.49. The molecule has 192 valence electrons. The van der Waals surface area contributed by atoms with Crippen molar-refractivity contribution in [1.82, 2.24) is 4.90 Å². The molecule has 2 aliphatic heterocycles. The number of cyclic esters (lactones) is 1. The molecule has 1 N–H and O–H groups in total. The molecule has 4 rings (SSSR count). The molecule has 1 saturated heterocycles. The van der Waals surface area contributed by atoms with Crippen molar-refractivity contribution in [2.24, 2.45) is 0 Å². The topological polar surface area (TPSA) is 76.1 Å². The lowest BCUT2D eigenvalue weighted by Crippen LogP contribution is -2.40. The van der Waals surface area contributed by atoms with E-state index in [1.54, 1.807) is 0 Å². The highest BCUT2D eigenvalue weighted by molar-refractivity contribution is 8.04. The highest BCUT2D eigenvalue weighted by atomic mass is 32.2. The lowest BCUT2D eigenvalue weighted by atomic mass is 9.83. The Bertz CT molecular complexity index is 1090. The molecule has 7 heteroatoms. The quantitative estimate of drug-likeness (QED) is 0.333. The second kappa shape index (κ2) is 12.0. The molecule has 1 amide bonds. The van der Waals surface area contributed by atoms with Crippen molar-refractivity contribution in [3.63, 3.8) is 0 Å². The Morgan fingerprint density at radius 1 is 1.06 bits per heavy atom. The number of nitrogens with zero attached hydrogens (tertiary/aromatic N) is 1. The van der Waals surface area contributed by atoms with E-state index < -0.39 is 11.6 Å². The Labute approximate surface area is 217 Å². The summed E-state index contributed by atoms with van der Waals surface area (Å²) in [6, 6.07) is 17.6. The summed E-state index contributed by atoms with van der Waals surface area (Å²) in [5.41, 5.74) is 1.03. The van der Waals surface area contributed by atoms with Gasteiger partial charge in [-0.2, -0.15) is 0 Å². The number of aliphatic hydroxyl groups is 1. The maximum atomic E-state index is 13.3. The van der Waals surface area contributed by atoms with Crippen molar-refractivity contribution in [3.05, 3.63) is 76.4 Å². The first-order chi connectivity index (χ1) is 17.4. The van der Waals surface area contributed by atoms with E-state index in [0.29, 0.717) is 57.9 Å². The normalized spacial score (nSPS) is 20.5. The summed E-state index contributed by atoms with van der Waals surface area (Å²) in [4.78, 5) is 28.9. The number of thioether (sulfide) groups is 1. The van der Waals surface area contributed by atoms with Crippen LogP contribution in [0.25, 0.3) is 0 Å². The fourth-order valence-corrected chi connectivity index (χ4v) is 5.94. The largest absolute Gasteiger partial charge is 0.511 e. The van der Waals surface area contributed by atoms with Gasteiger partial charge in [0.1, 0.15) is 16.3 Å².